The third-order valence-corrected chi connectivity index (χ3v) is 6.35. The molecule has 2 aromatic rings. The number of ether oxygens (including phenoxy) is 1. The van der Waals surface area contributed by atoms with Crippen LogP contribution in [0.4, 0.5) is 26.3 Å². The second kappa shape index (κ2) is 10.2. The molecule has 2 aliphatic heterocycles. The van der Waals surface area contributed by atoms with Crippen molar-refractivity contribution in [2.75, 3.05) is 39.4 Å². The molecule has 12 heteroatoms. The quantitative estimate of drug-likeness (QED) is 0.476. The number of amides is 1. The third kappa shape index (κ3) is 6.35. The molecule has 0 radical (unpaired) electrons. The molecule has 192 valence electrons. The van der Waals surface area contributed by atoms with E-state index in [1.165, 1.54) is 6.20 Å². The number of carbonyl (C=O) groups is 1. The van der Waals surface area contributed by atoms with Crippen LogP contribution in [0.15, 0.2) is 24.4 Å². The van der Waals surface area contributed by atoms with Gasteiger partial charge in [0.25, 0.3) is 5.91 Å². The maximum absolute atomic E-state index is 13.2. The highest BCUT2D eigenvalue weighted by Crippen LogP contribution is 2.39. The van der Waals surface area contributed by atoms with E-state index in [4.69, 9.17) is 4.74 Å². The number of imidazole rings is 1. The molecule has 3 heterocycles. The van der Waals surface area contributed by atoms with Gasteiger partial charge in [0.05, 0.1) is 24.3 Å². The van der Waals surface area contributed by atoms with Gasteiger partial charge in [-0.3, -0.25) is 9.69 Å². The number of hydrogen-bond donors (Lipinski definition) is 1. The van der Waals surface area contributed by atoms with Crippen molar-refractivity contribution in [1.29, 1.82) is 0 Å². The van der Waals surface area contributed by atoms with E-state index in [9.17, 15) is 31.1 Å². The zero-order valence-corrected chi connectivity index (χ0v) is 18.9. The van der Waals surface area contributed by atoms with Crippen molar-refractivity contribution in [2.45, 2.75) is 44.1 Å². The van der Waals surface area contributed by atoms with Crippen LogP contribution in [0.5, 0.6) is 0 Å². The first kappa shape index (κ1) is 25.5. The highest BCUT2D eigenvalue weighted by atomic mass is 19.4. The van der Waals surface area contributed by atoms with Crippen LogP contribution >= 0.6 is 0 Å². The van der Waals surface area contributed by atoms with Crippen molar-refractivity contribution in [3.63, 3.8) is 0 Å². The first-order valence-corrected chi connectivity index (χ1v) is 11.4. The van der Waals surface area contributed by atoms with Gasteiger partial charge in [0.15, 0.2) is 0 Å². The fourth-order valence-electron chi connectivity index (χ4n) is 4.46. The van der Waals surface area contributed by atoms with E-state index in [1.807, 2.05) is 0 Å². The molecule has 4 rings (SSSR count). The van der Waals surface area contributed by atoms with Crippen molar-refractivity contribution in [2.24, 2.45) is 0 Å². The molecular formula is C23H26F6N4O2. The average molecular weight is 504 g/mol. The summed E-state index contributed by atoms with van der Waals surface area (Å²) in [5, 5.41) is 2.82. The smallest absolute Gasteiger partial charge is 0.379 e. The Morgan fingerprint density at radius 1 is 1.06 bits per heavy atom. The molecule has 1 N–H and O–H groups in total. The molecule has 1 atom stereocenters. The maximum Gasteiger partial charge on any atom is 0.416 e. The Hall–Kier alpha value is -2.60. The van der Waals surface area contributed by atoms with Crippen molar-refractivity contribution >= 4 is 5.91 Å². The molecule has 1 aromatic carbocycles. The van der Waals surface area contributed by atoms with Crippen LogP contribution in [0.2, 0.25) is 0 Å². The Kier molecular flexibility index (Phi) is 7.41. The molecule has 0 aliphatic carbocycles. The lowest BCUT2D eigenvalue weighted by atomic mass is 9.89. The van der Waals surface area contributed by atoms with E-state index in [1.54, 1.807) is 4.57 Å². The molecule has 1 saturated heterocycles. The summed E-state index contributed by atoms with van der Waals surface area (Å²) in [5.74, 6) is -0.337. The van der Waals surface area contributed by atoms with E-state index in [0.29, 0.717) is 38.4 Å². The largest absolute Gasteiger partial charge is 0.416 e. The fraction of sp³-hybridized carbons (Fsp3) is 0.565. The number of nitrogens with zero attached hydrogens (tertiary/aromatic N) is 3. The number of nitrogens with one attached hydrogen (secondary N) is 1. The van der Waals surface area contributed by atoms with Gasteiger partial charge in [-0.15, -0.1) is 0 Å². The molecule has 1 fully saturated rings. The lowest BCUT2D eigenvalue weighted by Gasteiger charge is -2.26. The number of alkyl halides is 6. The van der Waals surface area contributed by atoms with E-state index in [2.05, 4.69) is 15.2 Å². The minimum absolute atomic E-state index is 0.0272. The number of rotatable bonds is 6. The van der Waals surface area contributed by atoms with Gasteiger partial charge in [-0.2, -0.15) is 26.3 Å². The Labute approximate surface area is 198 Å². The summed E-state index contributed by atoms with van der Waals surface area (Å²) in [6, 6.07) is 1.70. The van der Waals surface area contributed by atoms with Gasteiger partial charge >= 0.3 is 12.4 Å². The van der Waals surface area contributed by atoms with Gasteiger partial charge < -0.3 is 14.6 Å². The van der Waals surface area contributed by atoms with Crippen molar-refractivity contribution in [3.05, 3.63) is 52.6 Å². The highest BCUT2D eigenvalue weighted by Gasteiger charge is 2.38. The van der Waals surface area contributed by atoms with Crippen LogP contribution in [0.3, 0.4) is 0 Å². The second-order valence-corrected chi connectivity index (χ2v) is 8.83. The van der Waals surface area contributed by atoms with E-state index in [0.717, 1.165) is 38.2 Å². The first-order valence-electron chi connectivity index (χ1n) is 11.4. The lowest BCUT2D eigenvalue weighted by Crippen LogP contribution is -2.38. The Bertz CT molecular complexity index is 1010. The first-order chi connectivity index (χ1) is 16.5. The highest BCUT2D eigenvalue weighted by molar-refractivity contribution is 5.92. The molecule has 35 heavy (non-hydrogen) atoms. The SMILES string of the molecule is O=C(NCCCN1CCOCC1)c1cn2c(n1)CC[C@H](c1cc(C(F)(F)F)cc(C(F)(F)F)c1)C2. The van der Waals surface area contributed by atoms with Gasteiger partial charge in [0.1, 0.15) is 11.5 Å². The van der Waals surface area contributed by atoms with Gasteiger partial charge in [-0.25, -0.2) is 4.98 Å². The van der Waals surface area contributed by atoms with Crippen LogP contribution < -0.4 is 5.32 Å². The van der Waals surface area contributed by atoms with Crippen LogP contribution in [0, 0.1) is 0 Å². The Morgan fingerprint density at radius 2 is 1.71 bits per heavy atom. The molecule has 1 amide bonds. The molecule has 0 saturated carbocycles. The predicted molar refractivity (Wildman–Crippen MR) is 114 cm³/mol. The summed E-state index contributed by atoms with van der Waals surface area (Å²) in [6.45, 7) is 4.56. The normalized spacial score (nSPS) is 19.4. The summed E-state index contributed by atoms with van der Waals surface area (Å²) >= 11 is 0. The molecule has 1 aromatic heterocycles. The van der Waals surface area contributed by atoms with Crippen LogP contribution in [-0.2, 0) is 30.1 Å². The number of aryl methyl sites for hydroxylation is 1. The van der Waals surface area contributed by atoms with Crippen LogP contribution in [0.25, 0.3) is 0 Å². The molecule has 0 spiro atoms. The summed E-state index contributed by atoms with van der Waals surface area (Å²) < 4.78 is 86.3. The predicted octanol–water partition coefficient (Wildman–Crippen LogP) is 4.10. The number of fused-ring (bicyclic) bond motifs is 1. The summed E-state index contributed by atoms with van der Waals surface area (Å²) in [6.07, 6.45) is -6.84. The van der Waals surface area contributed by atoms with Crippen molar-refractivity contribution < 1.29 is 35.9 Å². The van der Waals surface area contributed by atoms with Crippen LogP contribution in [0.1, 0.15) is 51.8 Å². The molecule has 6 nitrogen and oxygen atoms in total. The topological polar surface area (TPSA) is 59.4 Å². The Balaban J connectivity index is 1.41. The fourth-order valence-corrected chi connectivity index (χ4v) is 4.46. The number of hydrogen-bond acceptors (Lipinski definition) is 4. The maximum atomic E-state index is 13.2. The molecule has 0 unspecified atom stereocenters. The minimum atomic E-state index is -4.89. The van der Waals surface area contributed by atoms with Gasteiger partial charge in [0.2, 0.25) is 0 Å². The zero-order chi connectivity index (χ0) is 25.2. The van der Waals surface area contributed by atoms with Gasteiger partial charge in [0, 0.05) is 44.7 Å². The van der Waals surface area contributed by atoms with Crippen molar-refractivity contribution in [1.82, 2.24) is 19.8 Å². The van der Waals surface area contributed by atoms with E-state index < -0.39 is 29.4 Å². The van der Waals surface area contributed by atoms with E-state index in [-0.39, 0.29) is 29.8 Å². The minimum Gasteiger partial charge on any atom is -0.379 e. The molecular weight excluding hydrogens is 478 g/mol. The number of aromatic nitrogens is 2. The molecule has 0 bridgehead atoms. The number of carbonyl (C=O) groups excluding carboxylic acids is 1. The monoisotopic (exact) mass is 504 g/mol. The lowest BCUT2D eigenvalue weighted by molar-refractivity contribution is -0.143. The zero-order valence-electron chi connectivity index (χ0n) is 18.9. The van der Waals surface area contributed by atoms with Gasteiger partial charge in [-0.05, 0) is 43.1 Å². The van der Waals surface area contributed by atoms with Crippen molar-refractivity contribution in [3.8, 4) is 0 Å². The number of halogens is 6. The summed E-state index contributed by atoms with van der Waals surface area (Å²) in [4.78, 5) is 19.1. The third-order valence-electron chi connectivity index (χ3n) is 6.35. The average Bonchev–Trinajstić information content (AvgIpc) is 3.24. The number of morpholine rings is 1. The van der Waals surface area contributed by atoms with E-state index >= 15 is 0 Å². The molecule has 2 aliphatic rings. The standard InChI is InChI=1S/C23H26F6N4O2/c24-22(25,26)17-10-16(11-18(12-17)23(27,28)29)15-2-3-20-31-19(14-33(20)13-15)21(34)30-4-1-5-32-6-8-35-9-7-32/h10-12,14-15H,1-9,13H2,(H,30,34)/t15-/m0/s1. The number of benzene rings is 1. The summed E-state index contributed by atoms with van der Waals surface area (Å²) in [7, 11) is 0. The second-order valence-electron chi connectivity index (χ2n) is 8.83. The Morgan fingerprint density at radius 3 is 2.34 bits per heavy atom. The van der Waals surface area contributed by atoms with Gasteiger partial charge in [-0.1, -0.05) is 0 Å². The summed E-state index contributed by atoms with van der Waals surface area (Å²) in [5.41, 5.74) is -2.49. The van der Waals surface area contributed by atoms with Crippen LogP contribution in [-0.4, -0.2) is 59.8 Å².